The summed E-state index contributed by atoms with van der Waals surface area (Å²) < 4.78 is 9.91. The van der Waals surface area contributed by atoms with E-state index in [2.05, 4.69) is 48.1 Å². The fourth-order valence-electron chi connectivity index (χ4n) is 3.21. The molecule has 0 saturated heterocycles. The molecule has 1 aromatic rings. The normalized spacial score (nSPS) is 15.8. The van der Waals surface area contributed by atoms with E-state index in [-0.39, 0.29) is 5.97 Å². The monoisotopic (exact) mass is 434 g/mol. The highest BCUT2D eigenvalue weighted by molar-refractivity contribution is 7.99. The van der Waals surface area contributed by atoms with Crippen LogP contribution in [0.3, 0.4) is 0 Å². The number of methoxy groups -OCH3 is 1. The molecule has 168 valence electrons. The molecular formula is C25H38O4S. The van der Waals surface area contributed by atoms with Crippen molar-refractivity contribution in [1.29, 1.82) is 0 Å². The van der Waals surface area contributed by atoms with E-state index in [1.54, 1.807) is 0 Å². The van der Waals surface area contributed by atoms with Crippen molar-refractivity contribution in [1.82, 2.24) is 0 Å². The molecule has 4 nitrogen and oxygen atoms in total. The highest BCUT2D eigenvalue weighted by Crippen LogP contribution is 2.23. The SMILES string of the molecule is CCOCc1cccc(CC/C=C/C2CCC(=O)C2)c1.CCSCCCC(=O)OC. The Labute approximate surface area is 186 Å². The van der Waals surface area contributed by atoms with Gasteiger partial charge in [0.1, 0.15) is 5.78 Å². The van der Waals surface area contributed by atoms with Gasteiger partial charge < -0.3 is 9.47 Å². The molecule has 1 atom stereocenters. The van der Waals surface area contributed by atoms with Gasteiger partial charge in [0.15, 0.2) is 0 Å². The van der Waals surface area contributed by atoms with Crippen LogP contribution in [-0.4, -0.2) is 37.0 Å². The van der Waals surface area contributed by atoms with Crippen molar-refractivity contribution in [3.05, 3.63) is 47.5 Å². The van der Waals surface area contributed by atoms with Gasteiger partial charge >= 0.3 is 5.97 Å². The Bertz CT molecular complexity index is 642. The van der Waals surface area contributed by atoms with Crippen molar-refractivity contribution in [2.75, 3.05) is 25.2 Å². The predicted octanol–water partition coefficient (Wildman–Crippen LogP) is 5.77. The Hall–Kier alpha value is -1.59. The van der Waals surface area contributed by atoms with E-state index in [9.17, 15) is 9.59 Å². The van der Waals surface area contributed by atoms with E-state index in [0.29, 0.717) is 24.7 Å². The second-order valence-corrected chi connectivity index (χ2v) is 8.74. The zero-order valence-electron chi connectivity index (χ0n) is 18.9. The lowest BCUT2D eigenvalue weighted by Gasteiger charge is -2.05. The van der Waals surface area contributed by atoms with E-state index in [0.717, 1.165) is 56.6 Å². The number of Topliss-reactive ketones (excluding diaryl/α,β-unsaturated/α-hetero) is 1. The molecule has 1 fully saturated rings. The van der Waals surface area contributed by atoms with Gasteiger partial charge in [0.25, 0.3) is 0 Å². The summed E-state index contributed by atoms with van der Waals surface area (Å²) in [6, 6.07) is 8.60. The molecule has 0 N–H and O–H groups in total. The second kappa shape index (κ2) is 17.1. The van der Waals surface area contributed by atoms with Crippen LogP contribution >= 0.6 is 11.8 Å². The minimum Gasteiger partial charge on any atom is -0.469 e. The Kier molecular flexibility index (Phi) is 15.1. The maximum absolute atomic E-state index is 11.2. The Morgan fingerprint density at radius 3 is 2.73 bits per heavy atom. The number of hydrogen-bond acceptors (Lipinski definition) is 5. The van der Waals surface area contributed by atoms with Gasteiger partial charge in [-0.3, -0.25) is 9.59 Å². The van der Waals surface area contributed by atoms with Crippen LogP contribution in [0.25, 0.3) is 0 Å². The summed E-state index contributed by atoms with van der Waals surface area (Å²) in [7, 11) is 1.43. The summed E-state index contributed by atoms with van der Waals surface area (Å²) >= 11 is 1.85. The first-order valence-corrected chi connectivity index (χ1v) is 12.2. The molecule has 0 aromatic heterocycles. The summed E-state index contributed by atoms with van der Waals surface area (Å²) in [5.74, 6) is 3.00. The molecule has 0 aliphatic heterocycles. The Morgan fingerprint density at radius 2 is 2.07 bits per heavy atom. The van der Waals surface area contributed by atoms with E-state index < -0.39 is 0 Å². The van der Waals surface area contributed by atoms with Gasteiger partial charge in [-0.25, -0.2) is 0 Å². The van der Waals surface area contributed by atoms with Gasteiger partial charge in [-0.05, 0) is 61.2 Å². The van der Waals surface area contributed by atoms with Crippen molar-refractivity contribution in [3.8, 4) is 0 Å². The largest absolute Gasteiger partial charge is 0.469 e. The maximum Gasteiger partial charge on any atom is 0.305 e. The molecule has 0 heterocycles. The highest BCUT2D eigenvalue weighted by Gasteiger charge is 2.18. The van der Waals surface area contributed by atoms with E-state index in [1.165, 1.54) is 18.2 Å². The molecule has 1 saturated carbocycles. The summed E-state index contributed by atoms with van der Waals surface area (Å²) in [5, 5.41) is 0. The molecular weight excluding hydrogens is 396 g/mol. The zero-order valence-corrected chi connectivity index (χ0v) is 19.7. The first kappa shape index (κ1) is 26.4. The van der Waals surface area contributed by atoms with E-state index in [1.807, 2.05) is 18.7 Å². The van der Waals surface area contributed by atoms with Crippen molar-refractivity contribution in [2.24, 2.45) is 5.92 Å². The molecule has 0 amide bonds. The van der Waals surface area contributed by atoms with Crippen LogP contribution in [0.15, 0.2) is 36.4 Å². The molecule has 2 rings (SSSR count). The summed E-state index contributed by atoms with van der Waals surface area (Å²) in [6.45, 7) is 5.59. The number of thioether (sulfide) groups is 1. The predicted molar refractivity (Wildman–Crippen MR) is 126 cm³/mol. The number of ether oxygens (including phenoxy) is 2. The molecule has 5 heteroatoms. The molecule has 0 bridgehead atoms. The van der Waals surface area contributed by atoms with Crippen molar-refractivity contribution in [3.63, 3.8) is 0 Å². The summed E-state index contributed by atoms with van der Waals surface area (Å²) in [6.07, 6.45) is 10.6. The topological polar surface area (TPSA) is 52.6 Å². The van der Waals surface area contributed by atoms with E-state index in [4.69, 9.17) is 4.74 Å². The number of esters is 1. The lowest BCUT2D eigenvalue weighted by Crippen LogP contribution is -1.99. The third-order valence-corrected chi connectivity index (χ3v) is 5.84. The average molecular weight is 435 g/mol. The molecule has 1 aliphatic carbocycles. The summed E-state index contributed by atoms with van der Waals surface area (Å²) in [5.41, 5.74) is 2.60. The quantitative estimate of drug-likeness (QED) is 0.237. The number of carbonyl (C=O) groups is 2. The molecule has 1 aromatic carbocycles. The van der Waals surface area contributed by atoms with Crippen LogP contribution in [0.2, 0.25) is 0 Å². The first-order chi connectivity index (χ1) is 14.6. The number of rotatable bonds is 12. The van der Waals surface area contributed by atoms with Crippen molar-refractivity contribution < 1.29 is 19.1 Å². The van der Waals surface area contributed by atoms with Gasteiger partial charge in [0, 0.05) is 25.9 Å². The fourth-order valence-corrected chi connectivity index (χ4v) is 3.84. The number of carbonyl (C=O) groups excluding carboxylic acids is 2. The molecule has 30 heavy (non-hydrogen) atoms. The third kappa shape index (κ3) is 12.9. The number of aryl methyl sites for hydroxylation is 1. The minimum absolute atomic E-state index is 0.100. The molecule has 1 aliphatic rings. The van der Waals surface area contributed by atoms with Crippen LogP contribution in [0.4, 0.5) is 0 Å². The van der Waals surface area contributed by atoms with Crippen LogP contribution in [0, 0.1) is 5.92 Å². The number of hydrogen-bond donors (Lipinski definition) is 0. The molecule has 0 spiro atoms. The molecule has 0 radical (unpaired) electrons. The first-order valence-electron chi connectivity index (χ1n) is 11.1. The van der Waals surface area contributed by atoms with Crippen molar-refractivity contribution >= 4 is 23.5 Å². The van der Waals surface area contributed by atoms with Gasteiger partial charge in [0.05, 0.1) is 13.7 Å². The lowest BCUT2D eigenvalue weighted by atomic mass is 10.0. The van der Waals surface area contributed by atoms with Crippen LogP contribution in [-0.2, 0) is 32.1 Å². The lowest BCUT2D eigenvalue weighted by molar-refractivity contribution is -0.140. The third-order valence-electron chi connectivity index (χ3n) is 4.86. The van der Waals surface area contributed by atoms with Gasteiger partial charge in [-0.15, -0.1) is 0 Å². The highest BCUT2D eigenvalue weighted by atomic mass is 32.2. The number of ketones is 1. The standard InChI is InChI=1S/C18H24O2.C7H14O2S/c1-2-20-14-17-9-5-8-15(12-17)6-3-4-7-16-10-11-18(19)13-16;1-3-10-6-4-5-7(8)9-2/h4-5,7-9,12,16H,2-3,6,10-11,13-14H2,1H3;3-6H2,1-2H3/b7-4+;. The van der Waals surface area contributed by atoms with Gasteiger partial charge in [0.2, 0.25) is 0 Å². The van der Waals surface area contributed by atoms with Gasteiger partial charge in [-0.2, -0.15) is 11.8 Å². The van der Waals surface area contributed by atoms with E-state index >= 15 is 0 Å². The van der Waals surface area contributed by atoms with Gasteiger partial charge in [-0.1, -0.05) is 43.3 Å². The molecule has 1 unspecified atom stereocenters. The fraction of sp³-hybridized carbons (Fsp3) is 0.600. The smallest absolute Gasteiger partial charge is 0.305 e. The number of benzene rings is 1. The Balaban J connectivity index is 0.000000382. The zero-order chi connectivity index (χ0) is 22.0. The van der Waals surface area contributed by atoms with Crippen LogP contribution in [0.1, 0.15) is 63.5 Å². The Morgan fingerprint density at radius 1 is 1.27 bits per heavy atom. The maximum atomic E-state index is 11.2. The minimum atomic E-state index is -0.100. The number of allylic oxidation sites excluding steroid dienone is 2. The second-order valence-electron chi connectivity index (χ2n) is 7.34. The van der Waals surface area contributed by atoms with Crippen LogP contribution in [0.5, 0.6) is 0 Å². The van der Waals surface area contributed by atoms with Crippen LogP contribution < -0.4 is 0 Å². The van der Waals surface area contributed by atoms with Crippen molar-refractivity contribution in [2.45, 2.75) is 65.4 Å². The average Bonchev–Trinajstić information content (AvgIpc) is 3.18. The summed E-state index contributed by atoms with van der Waals surface area (Å²) in [4.78, 5) is 21.7.